The quantitative estimate of drug-likeness (QED) is 0.837. The predicted molar refractivity (Wildman–Crippen MR) is 62.7 cm³/mol. The molecule has 0 bridgehead atoms. The summed E-state index contributed by atoms with van der Waals surface area (Å²) >= 11 is 0. The smallest absolute Gasteiger partial charge is 0.184 e. The number of aromatic amines is 1. The van der Waals surface area contributed by atoms with Crippen molar-refractivity contribution in [3.05, 3.63) is 18.0 Å². The Bertz CT molecular complexity index is 478. The van der Waals surface area contributed by atoms with Gasteiger partial charge in [0, 0.05) is 24.9 Å². The molecule has 2 aromatic heterocycles. The number of hydrogen-bond donors (Lipinski definition) is 1. The summed E-state index contributed by atoms with van der Waals surface area (Å²) in [5.41, 5.74) is 1.79. The second-order valence-electron chi connectivity index (χ2n) is 3.97. The lowest BCUT2D eigenvalue weighted by Crippen LogP contribution is -2.15. The number of aromatic nitrogens is 3. The van der Waals surface area contributed by atoms with Crippen LogP contribution in [0.2, 0.25) is 0 Å². The van der Waals surface area contributed by atoms with Crippen LogP contribution in [0.25, 0.3) is 11.0 Å². The summed E-state index contributed by atoms with van der Waals surface area (Å²) in [7, 11) is 5.76. The highest BCUT2D eigenvalue weighted by Crippen LogP contribution is 2.25. The van der Waals surface area contributed by atoms with Crippen LogP contribution in [-0.2, 0) is 6.42 Å². The molecule has 0 aromatic carbocycles. The van der Waals surface area contributed by atoms with Crippen LogP contribution in [0.5, 0.6) is 5.75 Å². The molecule has 0 aliphatic carbocycles. The summed E-state index contributed by atoms with van der Waals surface area (Å²) in [5, 5.41) is 8.19. The van der Waals surface area contributed by atoms with Gasteiger partial charge in [0.25, 0.3) is 0 Å². The predicted octanol–water partition coefficient (Wildman–Crippen LogP) is 1.07. The zero-order chi connectivity index (χ0) is 11.5. The van der Waals surface area contributed by atoms with Gasteiger partial charge in [0.15, 0.2) is 5.65 Å². The first kappa shape index (κ1) is 10.9. The third-order valence-electron chi connectivity index (χ3n) is 2.52. The molecule has 2 aromatic rings. The average molecular weight is 220 g/mol. The Morgan fingerprint density at radius 1 is 1.44 bits per heavy atom. The number of ether oxygens (including phenoxy) is 1. The third kappa shape index (κ3) is 1.99. The van der Waals surface area contributed by atoms with Gasteiger partial charge in [-0.05, 0) is 20.2 Å². The Labute approximate surface area is 94.4 Å². The van der Waals surface area contributed by atoms with Crippen molar-refractivity contribution in [2.45, 2.75) is 6.42 Å². The van der Waals surface area contributed by atoms with E-state index in [4.69, 9.17) is 4.74 Å². The molecule has 0 radical (unpaired) electrons. The highest BCUT2D eigenvalue weighted by atomic mass is 16.5. The maximum atomic E-state index is 5.32. The zero-order valence-electron chi connectivity index (χ0n) is 9.82. The van der Waals surface area contributed by atoms with Crippen LogP contribution >= 0.6 is 0 Å². The van der Waals surface area contributed by atoms with Gasteiger partial charge in [-0.3, -0.25) is 5.10 Å². The molecule has 0 aliphatic rings. The van der Waals surface area contributed by atoms with Crippen LogP contribution in [0.1, 0.15) is 5.69 Å². The fourth-order valence-electron chi connectivity index (χ4n) is 1.66. The first-order valence-corrected chi connectivity index (χ1v) is 5.23. The molecular formula is C11H16N4O. The van der Waals surface area contributed by atoms with Gasteiger partial charge in [0.05, 0.1) is 12.5 Å². The van der Waals surface area contributed by atoms with E-state index in [2.05, 4.69) is 20.1 Å². The fourth-order valence-corrected chi connectivity index (χ4v) is 1.66. The van der Waals surface area contributed by atoms with Crippen molar-refractivity contribution in [2.24, 2.45) is 0 Å². The first-order valence-electron chi connectivity index (χ1n) is 5.23. The van der Waals surface area contributed by atoms with E-state index in [1.165, 1.54) is 0 Å². The van der Waals surface area contributed by atoms with Gasteiger partial charge in [-0.15, -0.1) is 0 Å². The molecule has 5 nitrogen and oxygen atoms in total. The Morgan fingerprint density at radius 3 is 2.94 bits per heavy atom. The normalized spacial score (nSPS) is 11.2. The molecule has 0 amide bonds. The highest BCUT2D eigenvalue weighted by molar-refractivity contribution is 5.84. The van der Waals surface area contributed by atoms with E-state index < -0.39 is 0 Å². The van der Waals surface area contributed by atoms with E-state index in [9.17, 15) is 0 Å². The van der Waals surface area contributed by atoms with Gasteiger partial charge in [-0.25, -0.2) is 4.98 Å². The van der Waals surface area contributed by atoms with Crippen LogP contribution in [0.15, 0.2) is 12.3 Å². The molecule has 16 heavy (non-hydrogen) atoms. The molecular weight excluding hydrogens is 204 g/mol. The SMILES string of the molecule is COc1ccnc2n[nH]c(CCN(C)C)c12. The van der Waals surface area contributed by atoms with Crippen molar-refractivity contribution in [2.75, 3.05) is 27.7 Å². The molecule has 0 saturated carbocycles. The molecule has 0 unspecified atom stereocenters. The van der Waals surface area contributed by atoms with Crippen LogP contribution in [-0.4, -0.2) is 47.8 Å². The minimum atomic E-state index is 0.716. The Morgan fingerprint density at radius 2 is 2.25 bits per heavy atom. The van der Waals surface area contributed by atoms with E-state index in [0.29, 0.717) is 5.65 Å². The van der Waals surface area contributed by atoms with E-state index >= 15 is 0 Å². The minimum absolute atomic E-state index is 0.716. The van der Waals surface area contributed by atoms with E-state index in [-0.39, 0.29) is 0 Å². The molecule has 0 aliphatic heterocycles. The summed E-state index contributed by atoms with van der Waals surface area (Å²) < 4.78 is 5.32. The van der Waals surface area contributed by atoms with Crippen molar-refractivity contribution in [3.63, 3.8) is 0 Å². The Hall–Kier alpha value is -1.62. The molecule has 0 saturated heterocycles. The Kier molecular flexibility index (Phi) is 3.05. The van der Waals surface area contributed by atoms with Gasteiger partial charge in [-0.2, -0.15) is 5.10 Å². The average Bonchev–Trinajstić information content (AvgIpc) is 2.69. The van der Waals surface area contributed by atoms with Crippen molar-refractivity contribution < 1.29 is 4.74 Å². The number of H-pyrrole nitrogens is 1. The van der Waals surface area contributed by atoms with Gasteiger partial charge in [-0.1, -0.05) is 0 Å². The molecule has 5 heteroatoms. The first-order chi connectivity index (χ1) is 7.72. The third-order valence-corrected chi connectivity index (χ3v) is 2.52. The number of rotatable bonds is 4. The number of methoxy groups -OCH3 is 1. The van der Waals surface area contributed by atoms with Gasteiger partial charge < -0.3 is 9.64 Å². The molecule has 0 atom stereocenters. The largest absolute Gasteiger partial charge is 0.496 e. The molecule has 0 spiro atoms. The van der Waals surface area contributed by atoms with Crippen molar-refractivity contribution >= 4 is 11.0 Å². The van der Waals surface area contributed by atoms with Crippen LogP contribution in [0, 0.1) is 0 Å². The summed E-state index contributed by atoms with van der Waals surface area (Å²) in [6, 6.07) is 1.86. The Balaban J connectivity index is 2.38. The number of nitrogens with zero attached hydrogens (tertiary/aromatic N) is 3. The molecule has 2 rings (SSSR count). The maximum Gasteiger partial charge on any atom is 0.184 e. The van der Waals surface area contributed by atoms with E-state index in [1.54, 1.807) is 13.3 Å². The molecule has 0 fully saturated rings. The number of fused-ring (bicyclic) bond motifs is 1. The number of pyridine rings is 1. The summed E-state index contributed by atoms with van der Waals surface area (Å²) in [4.78, 5) is 6.34. The number of nitrogens with one attached hydrogen (secondary N) is 1. The summed E-state index contributed by atoms with van der Waals surface area (Å²) in [6.07, 6.45) is 2.61. The monoisotopic (exact) mass is 220 g/mol. The number of likely N-dealkylation sites (N-methyl/N-ethyl adjacent to an activating group) is 1. The zero-order valence-corrected chi connectivity index (χ0v) is 9.82. The van der Waals surface area contributed by atoms with Gasteiger partial charge in [0.1, 0.15) is 5.75 Å². The lowest BCUT2D eigenvalue weighted by molar-refractivity contribution is 0.409. The highest BCUT2D eigenvalue weighted by Gasteiger charge is 2.11. The van der Waals surface area contributed by atoms with Crippen molar-refractivity contribution in [1.29, 1.82) is 0 Å². The van der Waals surface area contributed by atoms with Crippen LogP contribution < -0.4 is 4.74 Å². The molecule has 2 heterocycles. The molecule has 86 valence electrons. The van der Waals surface area contributed by atoms with Gasteiger partial charge in [0.2, 0.25) is 0 Å². The lowest BCUT2D eigenvalue weighted by Gasteiger charge is -2.08. The second kappa shape index (κ2) is 4.49. The standard InChI is InChI=1S/C11H16N4O/c1-15(2)7-5-8-10-9(16-3)4-6-12-11(10)14-13-8/h4,6H,5,7H2,1-3H3,(H,12,13,14). The van der Waals surface area contributed by atoms with Crippen LogP contribution in [0.3, 0.4) is 0 Å². The van der Waals surface area contributed by atoms with Crippen LogP contribution in [0.4, 0.5) is 0 Å². The van der Waals surface area contributed by atoms with Crippen molar-refractivity contribution in [3.8, 4) is 5.75 Å². The van der Waals surface area contributed by atoms with Crippen molar-refractivity contribution in [1.82, 2.24) is 20.1 Å². The minimum Gasteiger partial charge on any atom is -0.496 e. The maximum absolute atomic E-state index is 5.32. The summed E-state index contributed by atoms with van der Waals surface area (Å²) in [6.45, 7) is 0.968. The van der Waals surface area contributed by atoms with Gasteiger partial charge >= 0.3 is 0 Å². The summed E-state index contributed by atoms with van der Waals surface area (Å²) in [5.74, 6) is 0.826. The topological polar surface area (TPSA) is 54.0 Å². The number of hydrogen-bond acceptors (Lipinski definition) is 4. The fraction of sp³-hybridized carbons (Fsp3) is 0.455. The lowest BCUT2D eigenvalue weighted by atomic mass is 10.2. The molecule has 1 N–H and O–H groups in total. The second-order valence-corrected chi connectivity index (χ2v) is 3.97. The van der Waals surface area contributed by atoms with E-state index in [0.717, 1.165) is 29.8 Å². The van der Waals surface area contributed by atoms with E-state index in [1.807, 2.05) is 20.2 Å².